The van der Waals surface area contributed by atoms with Crippen LogP contribution in [0.25, 0.3) is 5.69 Å². The van der Waals surface area contributed by atoms with Gasteiger partial charge in [0.05, 0.1) is 17.3 Å². The first-order valence-corrected chi connectivity index (χ1v) is 4.72. The first kappa shape index (κ1) is 9.31. The Morgan fingerprint density at radius 1 is 1.14 bits per heavy atom. The summed E-state index contributed by atoms with van der Waals surface area (Å²) in [6, 6.07) is 11.3. The number of nitrogens with zero attached hydrogens (tertiary/aromatic N) is 1. The van der Waals surface area contributed by atoms with E-state index < -0.39 is 0 Å². The quantitative estimate of drug-likeness (QED) is 0.805. The number of benzene rings is 1. The normalized spacial score (nSPS) is 10.4. The van der Waals surface area contributed by atoms with E-state index in [9.17, 15) is 0 Å². The van der Waals surface area contributed by atoms with Gasteiger partial charge in [0.15, 0.2) is 0 Å². The van der Waals surface area contributed by atoms with Gasteiger partial charge >= 0.3 is 0 Å². The van der Waals surface area contributed by atoms with Gasteiger partial charge < -0.3 is 9.67 Å². The Labute approximate surface area is 87.4 Å². The van der Waals surface area contributed by atoms with Crippen LogP contribution in [0, 0.1) is 0 Å². The Hall–Kier alpha value is -1.25. The van der Waals surface area contributed by atoms with E-state index >= 15 is 0 Å². The molecule has 1 heterocycles. The predicted molar refractivity (Wildman–Crippen MR) is 56.7 cm³/mol. The van der Waals surface area contributed by atoms with Crippen molar-refractivity contribution in [3.05, 3.63) is 53.3 Å². The number of aromatic nitrogens is 1. The Morgan fingerprint density at radius 2 is 1.93 bits per heavy atom. The fourth-order valence-electron chi connectivity index (χ4n) is 1.43. The highest BCUT2D eigenvalue weighted by atomic mass is 35.5. The van der Waals surface area contributed by atoms with E-state index in [1.54, 1.807) is 0 Å². The average Bonchev–Trinajstić information content (AvgIpc) is 2.66. The summed E-state index contributed by atoms with van der Waals surface area (Å²) in [4.78, 5) is 0. The smallest absolute Gasteiger partial charge is 0.0836 e. The highest BCUT2D eigenvalue weighted by molar-refractivity contribution is 6.32. The molecule has 0 saturated heterocycles. The monoisotopic (exact) mass is 207 g/mol. The lowest BCUT2D eigenvalue weighted by atomic mass is 10.3. The van der Waals surface area contributed by atoms with Crippen molar-refractivity contribution in [2.45, 2.75) is 6.61 Å². The van der Waals surface area contributed by atoms with Crippen LogP contribution < -0.4 is 0 Å². The molecule has 0 aliphatic rings. The lowest BCUT2D eigenvalue weighted by molar-refractivity contribution is 0.274. The molecule has 0 unspecified atom stereocenters. The minimum Gasteiger partial charge on any atom is -0.390 e. The molecule has 3 heteroatoms. The third-order valence-electron chi connectivity index (χ3n) is 2.11. The van der Waals surface area contributed by atoms with Gasteiger partial charge in [-0.3, -0.25) is 0 Å². The molecular weight excluding hydrogens is 198 g/mol. The minimum atomic E-state index is 0.0121. The van der Waals surface area contributed by atoms with Gasteiger partial charge in [0, 0.05) is 11.9 Å². The first-order valence-electron chi connectivity index (χ1n) is 4.35. The molecule has 2 rings (SSSR count). The summed E-state index contributed by atoms with van der Waals surface area (Å²) < 4.78 is 1.88. The van der Waals surface area contributed by atoms with Gasteiger partial charge in [-0.25, -0.2) is 0 Å². The number of hydrogen-bond donors (Lipinski definition) is 1. The van der Waals surface area contributed by atoms with Crippen LogP contribution in [-0.4, -0.2) is 9.67 Å². The number of hydrogen-bond acceptors (Lipinski definition) is 1. The van der Waals surface area contributed by atoms with E-state index in [0.29, 0.717) is 5.02 Å². The molecule has 0 bridgehead atoms. The van der Waals surface area contributed by atoms with Crippen LogP contribution in [0.4, 0.5) is 0 Å². The molecule has 1 N–H and O–H groups in total. The maximum Gasteiger partial charge on any atom is 0.0836 e. The second-order valence-electron chi connectivity index (χ2n) is 2.98. The standard InChI is InChI=1S/C11H10ClNO/c12-10-5-1-2-6-11(10)13-7-3-4-9(13)8-14/h1-7,14H,8H2. The summed E-state index contributed by atoms with van der Waals surface area (Å²) >= 11 is 6.04. The maximum absolute atomic E-state index is 9.10. The summed E-state index contributed by atoms with van der Waals surface area (Å²) in [5, 5.41) is 9.77. The van der Waals surface area contributed by atoms with Crippen LogP contribution in [0.3, 0.4) is 0 Å². The summed E-state index contributed by atoms with van der Waals surface area (Å²) in [5.74, 6) is 0. The molecule has 0 amide bonds. The van der Waals surface area contributed by atoms with Crippen molar-refractivity contribution < 1.29 is 5.11 Å². The lowest BCUT2D eigenvalue weighted by Crippen LogP contribution is -1.98. The highest BCUT2D eigenvalue weighted by Crippen LogP contribution is 2.21. The number of aliphatic hydroxyl groups is 1. The topological polar surface area (TPSA) is 25.2 Å². The molecule has 1 aromatic carbocycles. The summed E-state index contributed by atoms with van der Waals surface area (Å²) in [7, 11) is 0. The zero-order valence-corrected chi connectivity index (χ0v) is 8.28. The molecule has 2 aromatic rings. The van der Waals surface area contributed by atoms with Crippen LogP contribution in [0.15, 0.2) is 42.6 Å². The van der Waals surface area contributed by atoms with Crippen molar-refractivity contribution in [3.8, 4) is 5.69 Å². The van der Waals surface area contributed by atoms with Gasteiger partial charge in [-0.15, -0.1) is 0 Å². The molecule has 0 fully saturated rings. The van der Waals surface area contributed by atoms with Crippen LogP contribution in [0.5, 0.6) is 0 Å². The molecule has 0 radical (unpaired) electrons. The van der Waals surface area contributed by atoms with Crippen molar-refractivity contribution in [1.29, 1.82) is 0 Å². The van der Waals surface area contributed by atoms with E-state index in [1.165, 1.54) is 0 Å². The molecule has 14 heavy (non-hydrogen) atoms. The van der Waals surface area contributed by atoms with Gasteiger partial charge in [0.25, 0.3) is 0 Å². The van der Waals surface area contributed by atoms with Crippen molar-refractivity contribution >= 4 is 11.6 Å². The third-order valence-corrected chi connectivity index (χ3v) is 2.43. The van der Waals surface area contributed by atoms with Crippen LogP contribution >= 0.6 is 11.6 Å². The number of aliphatic hydroxyl groups excluding tert-OH is 1. The zero-order valence-electron chi connectivity index (χ0n) is 7.52. The summed E-state index contributed by atoms with van der Waals surface area (Å²) in [5.41, 5.74) is 1.72. The highest BCUT2D eigenvalue weighted by Gasteiger charge is 2.04. The van der Waals surface area contributed by atoms with Gasteiger partial charge in [0.1, 0.15) is 0 Å². The Balaban J connectivity index is 2.54. The largest absolute Gasteiger partial charge is 0.390 e. The second-order valence-corrected chi connectivity index (χ2v) is 3.39. The van der Waals surface area contributed by atoms with Gasteiger partial charge in [0.2, 0.25) is 0 Å². The van der Waals surface area contributed by atoms with E-state index in [4.69, 9.17) is 16.7 Å². The summed E-state index contributed by atoms with van der Waals surface area (Å²) in [6.45, 7) is 0.0121. The maximum atomic E-state index is 9.10. The van der Waals surface area contributed by atoms with E-state index in [2.05, 4.69) is 0 Å². The molecule has 1 aromatic heterocycles. The molecule has 0 saturated carbocycles. The molecular formula is C11H10ClNO. The second kappa shape index (κ2) is 3.86. The minimum absolute atomic E-state index is 0.0121. The zero-order chi connectivity index (χ0) is 9.97. The number of halogens is 1. The Morgan fingerprint density at radius 3 is 2.64 bits per heavy atom. The molecule has 0 aliphatic heterocycles. The van der Waals surface area contributed by atoms with Gasteiger partial charge in [-0.05, 0) is 24.3 Å². The van der Waals surface area contributed by atoms with Crippen molar-refractivity contribution in [1.82, 2.24) is 4.57 Å². The predicted octanol–water partition coefficient (Wildman–Crippen LogP) is 2.62. The Kier molecular flexibility index (Phi) is 2.57. The van der Waals surface area contributed by atoms with E-state index in [-0.39, 0.29) is 6.61 Å². The molecule has 2 nitrogen and oxygen atoms in total. The fourth-order valence-corrected chi connectivity index (χ4v) is 1.65. The number of para-hydroxylation sites is 1. The Bertz CT molecular complexity index is 436. The molecule has 0 spiro atoms. The average molecular weight is 208 g/mol. The van der Waals surface area contributed by atoms with Gasteiger partial charge in [-0.2, -0.15) is 0 Å². The SMILES string of the molecule is OCc1cccn1-c1ccccc1Cl. The first-order chi connectivity index (χ1) is 6.83. The third kappa shape index (κ3) is 1.54. The molecule has 0 atom stereocenters. The fraction of sp³-hybridized carbons (Fsp3) is 0.0909. The van der Waals surface area contributed by atoms with E-state index in [1.807, 2.05) is 47.2 Å². The van der Waals surface area contributed by atoms with E-state index in [0.717, 1.165) is 11.4 Å². The van der Waals surface area contributed by atoms with Crippen molar-refractivity contribution in [2.24, 2.45) is 0 Å². The van der Waals surface area contributed by atoms with Crippen LogP contribution in [-0.2, 0) is 6.61 Å². The van der Waals surface area contributed by atoms with Gasteiger partial charge in [-0.1, -0.05) is 23.7 Å². The summed E-state index contributed by atoms with van der Waals surface area (Å²) in [6.07, 6.45) is 1.88. The van der Waals surface area contributed by atoms with Crippen LogP contribution in [0.2, 0.25) is 5.02 Å². The van der Waals surface area contributed by atoms with Crippen molar-refractivity contribution in [2.75, 3.05) is 0 Å². The lowest BCUT2D eigenvalue weighted by Gasteiger charge is -2.08. The number of rotatable bonds is 2. The van der Waals surface area contributed by atoms with Crippen molar-refractivity contribution in [3.63, 3.8) is 0 Å². The molecule has 0 aliphatic carbocycles. The van der Waals surface area contributed by atoms with Crippen LogP contribution in [0.1, 0.15) is 5.69 Å². The molecule has 72 valence electrons.